The largest absolute Gasteiger partial charge is 0.496 e. The minimum Gasteiger partial charge on any atom is -0.496 e. The minimum absolute atomic E-state index is 0.131. The monoisotopic (exact) mass is 236 g/mol. The van der Waals surface area contributed by atoms with E-state index in [1.807, 2.05) is 26.0 Å². The van der Waals surface area contributed by atoms with E-state index >= 15 is 0 Å². The van der Waals surface area contributed by atoms with Crippen LogP contribution in [-0.2, 0) is 4.79 Å². The van der Waals surface area contributed by atoms with Crippen molar-refractivity contribution < 1.29 is 9.53 Å². The fourth-order valence-corrected chi connectivity index (χ4v) is 1.91. The van der Waals surface area contributed by atoms with Gasteiger partial charge >= 0.3 is 0 Å². The van der Waals surface area contributed by atoms with Crippen LogP contribution in [0.5, 0.6) is 5.75 Å². The summed E-state index contributed by atoms with van der Waals surface area (Å²) in [7, 11) is 4.97. The molecule has 94 valence electrons. The highest BCUT2D eigenvalue weighted by Crippen LogP contribution is 2.29. The lowest BCUT2D eigenvalue weighted by molar-refractivity contribution is -0.130. The van der Waals surface area contributed by atoms with E-state index in [9.17, 15) is 4.79 Å². The van der Waals surface area contributed by atoms with Crippen molar-refractivity contribution in [2.75, 3.05) is 21.2 Å². The summed E-state index contributed by atoms with van der Waals surface area (Å²) in [5.74, 6) is 0.562. The number of nitrogens with two attached hydrogens (primary N) is 1. The molecule has 0 aliphatic heterocycles. The van der Waals surface area contributed by atoms with Crippen LogP contribution >= 0.6 is 0 Å². The molecule has 1 aromatic rings. The highest BCUT2D eigenvalue weighted by atomic mass is 16.5. The van der Waals surface area contributed by atoms with E-state index in [-0.39, 0.29) is 5.91 Å². The van der Waals surface area contributed by atoms with Gasteiger partial charge in [-0.3, -0.25) is 4.79 Å². The maximum absolute atomic E-state index is 11.9. The molecule has 4 nitrogen and oxygen atoms in total. The normalized spacial score (nSPS) is 12.1. The molecule has 1 atom stereocenters. The fraction of sp³-hybridized carbons (Fsp3) is 0.462. The zero-order valence-electron chi connectivity index (χ0n) is 11.1. The molecular weight excluding hydrogens is 216 g/mol. The molecule has 4 heteroatoms. The van der Waals surface area contributed by atoms with Crippen LogP contribution in [0.25, 0.3) is 0 Å². The third-order valence-electron chi connectivity index (χ3n) is 2.69. The van der Waals surface area contributed by atoms with Gasteiger partial charge in [0.1, 0.15) is 11.8 Å². The van der Waals surface area contributed by atoms with Crippen molar-refractivity contribution in [2.24, 2.45) is 5.73 Å². The average molecular weight is 236 g/mol. The van der Waals surface area contributed by atoms with Crippen LogP contribution in [0.2, 0.25) is 0 Å². The van der Waals surface area contributed by atoms with E-state index in [0.29, 0.717) is 5.75 Å². The molecule has 0 saturated carbocycles. The predicted molar refractivity (Wildman–Crippen MR) is 68.1 cm³/mol. The first-order valence-electron chi connectivity index (χ1n) is 5.50. The smallest absolute Gasteiger partial charge is 0.243 e. The zero-order valence-corrected chi connectivity index (χ0v) is 11.1. The second-order valence-electron chi connectivity index (χ2n) is 4.41. The molecular formula is C13H20N2O2. The van der Waals surface area contributed by atoms with E-state index < -0.39 is 6.04 Å². The van der Waals surface area contributed by atoms with Crippen molar-refractivity contribution in [2.45, 2.75) is 19.9 Å². The third-order valence-corrected chi connectivity index (χ3v) is 2.69. The summed E-state index contributed by atoms with van der Waals surface area (Å²) in [5.41, 5.74) is 8.78. The standard InChI is InChI=1S/C13H20N2O2/c1-8-6-9(2)12(17-5)10(7-8)11(14)13(16)15(3)4/h6-7,11H,14H2,1-5H3. The van der Waals surface area contributed by atoms with Crippen molar-refractivity contribution in [3.8, 4) is 5.75 Å². The van der Waals surface area contributed by atoms with Gasteiger partial charge in [-0.05, 0) is 19.4 Å². The Balaban J connectivity index is 3.25. The number of benzene rings is 1. The SMILES string of the molecule is COc1c(C)cc(C)cc1C(N)C(=O)N(C)C. The van der Waals surface area contributed by atoms with Gasteiger partial charge in [0.2, 0.25) is 5.91 Å². The summed E-state index contributed by atoms with van der Waals surface area (Å²) >= 11 is 0. The van der Waals surface area contributed by atoms with Crippen LogP contribution in [0.4, 0.5) is 0 Å². The molecule has 0 bridgehead atoms. The maximum atomic E-state index is 11.9. The second-order valence-corrected chi connectivity index (χ2v) is 4.41. The third kappa shape index (κ3) is 2.77. The van der Waals surface area contributed by atoms with Gasteiger partial charge in [-0.25, -0.2) is 0 Å². The van der Waals surface area contributed by atoms with Gasteiger partial charge in [-0.2, -0.15) is 0 Å². The molecule has 17 heavy (non-hydrogen) atoms. The predicted octanol–water partition coefficient (Wildman–Crippen LogP) is 1.40. The Labute approximate surface area is 102 Å². The fourth-order valence-electron chi connectivity index (χ4n) is 1.91. The molecule has 1 aromatic carbocycles. The lowest BCUT2D eigenvalue weighted by atomic mass is 9.99. The van der Waals surface area contributed by atoms with Gasteiger partial charge in [0.25, 0.3) is 0 Å². The Hall–Kier alpha value is -1.55. The van der Waals surface area contributed by atoms with Crippen LogP contribution in [-0.4, -0.2) is 32.0 Å². The Morgan fingerprint density at radius 3 is 2.41 bits per heavy atom. The lowest BCUT2D eigenvalue weighted by Gasteiger charge is -2.20. The molecule has 1 amide bonds. The summed E-state index contributed by atoms with van der Waals surface area (Å²) < 4.78 is 5.33. The van der Waals surface area contributed by atoms with Crippen LogP contribution in [0.15, 0.2) is 12.1 Å². The van der Waals surface area contributed by atoms with Crippen LogP contribution in [0.1, 0.15) is 22.7 Å². The molecule has 1 unspecified atom stereocenters. The Bertz CT molecular complexity index is 428. The first kappa shape index (κ1) is 13.5. The second kappa shape index (κ2) is 5.19. The first-order chi connectivity index (χ1) is 7.88. The number of aryl methyl sites for hydroxylation is 2. The van der Waals surface area contributed by atoms with E-state index in [0.717, 1.165) is 16.7 Å². The summed E-state index contributed by atoms with van der Waals surface area (Å²) in [4.78, 5) is 13.4. The number of ether oxygens (including phenoxy) is 1. The molecule has 0 radical (unpaired) electrons. The molecule has 0 spiro atoms. The van der Waals surface area contributed by atoms with Crippen molar-refractivity contribution in [3.63, 3.8) is 0 Å². The van der Waals surface area contributed by atoms with E-state index in [4.69, 9.17) is 10.5 Å². The molecule has 0 heterocycles. The topological polar surface area (TPSA) is 55.6 Å². The first-order valence-corrected chi connectivity index (χ1v) is 5.50. The van der Waals surface area contributed by atoms with Crippen molar-refractivity contribution in [3.05, 3.63) is 28.8 Å². The summed E-state index contributed by atoms with van der Waals surface area (Å²) in [5, 5.41) is 0. The number of hydrogen-bond acceptors (Lipinski definition) is 3. The number of nitrogens with zero attached hydrogens (tertiary/aromatic N) is 1. The van der Waals surface area contributed by atoms with Gasteiger partial charge < -0.3 is 15.4 Å². The number of methoxy groups -OCH3 is 1. The number of hydrogen-bond donors (Lipinski definition) is 1. The number of amides is 1. The van der Waals surface area contributed by atoms with Crippen LogP contribution in [0.3, 0.4) is 0 Å². The molecule has 0 fully saturated rings. The zero-order chi connectivity index (χ0) is 13.2. The van der Waals surface area contributed by atoms with E-state index in [2.05, 4.69) is 0 Å². The molecule has 0 saturated heterocycles. The lowest BCUT2D eigenvalue weighted by Crippen LogP contribution is -2.33. The Morgan fingerprint density at radius 2 is 1.94 bits per heavy atom. The Kier molecular flexibility index (Phi) is 4.12. The van der Waals surface area contributed by atoms with E-state index in [1.165, 1.54) is 4.90 Å². The average Bonchev–Trinajstić information content (AvgIpc) is 2.25. The molecule has 0 aromatic heterocycles. The van der Waals surface area contributed by atoms with Gasteiger partial charge in [0.05, 0.1) is 7.11 Å². The summed E-state index contributed by atoms with van der Waals surface area (Å²) in [6, 6.07) is 3.23. The van der Waals surface area contributed by atoms with Crippen LogP contribution in [0, 0.1) is 13.8 Å². The van der Waals surface area contributed by atoms with Crippen molar-refractivity contribution >= 4 is 5.91 Å². The quantitative estimate of drug-likeness (QED) is 0.863. The van der Waals surface area contributed by atoms with Crippen LogP contribution < -0.4 is 10.5 Å². The van der Waals surface area contributed by atoms with Gasteiger partial charge in [0, 0.05) is 19.7 Å². The molecule has 2 N–H and O–H groups in total. The van der Waals surface area contributed by atoms with Gasteiger partial charge in [-0.15, -0.1) is 0 Å². The van der Waals surface area contributed by atoms with Gasteiger partial charge in [-0.1, -0.05) is 17.7 Å². The van der Waals surface area contributed by atoms with E-state index in [1.54, 1.807) is 21.2 Å². The maximum Gasteiger partial charge on any atom is 0.243 e. The number of likely N-dealkylation sites (N-methyl/N-ethyl adjacent to an activating group) is 1. The highest BCUT2D eigenvalue weighted by molar-refractivity contribution is 5.83. The van der Waals surface area contributed by atoms with Crippen molar-refractivity contribution in [1.29, 1.82) is 0 Å². The molecule has 0 aliphatic rings. The minimum atomic E-state index is -0.682. The van der Waals surface area contributed by atoms with Gasteiger partial charge in [0.15, 0.2) is 0 Å². The number of rotatable bonds is 3. The molecule has 1 rings (SSSR count). The summed E-state index contributed by atoms with van der Waals surface area (Å²) in [6.07, 6.45) is 0. The van der Waals surface area contributed by atoms with Crippen molar-refractivity contribution in [1.82, 2.24) is 4.90 Å². The summed E-state index contributed by atoms with van der Waals surface area (Å²) in [6.45, 7) is 3.92. The molecule has 0 aliphatic carbocycles. The Morgan fingerprint density at radius 1 is 1.35 bits per heavy atom. The number of carbonyl (C=O) groups is 1. The number of carbonyl (C=O) groups excluding carboxylic acids is 1. The highest BCUT2D eigenvalue weighted by Gasteiger charge is 2.22.